The van der Waals surface area contributed by atoms with Crippen LogP contribution in [0.4, 0.5) is 0 Å². The summed E-state index contributed by atoms with van der Waals surface area (Å²) in [4.78, 5) is 12.6. The van der Waals surface area contributed by atoms with Gasteiger partial charge in [-0.2, -0.15) is 0 Å². The topological polar surface area (TPSA) is 35.5 Å². The van der Waals surface area contributed by atoms with Crippen molar-refractivity contribution in [3.63, 3.8) is 0 Å². The van der Waals surface area contributed by atoms with E-state index >= 15 is 0 Å². The lowest BCUT2D eigenvalue weighted by Gasteiger charge is -2.32. The van der Waals surface area contributed by atoms with Gasteiger partial charge in [0, 0.05) is 23.5 Å². The van der Waals surface area contributed by atoms with Crippen LogP contribution in [-0.4, -0.2) is 12.1 Å². The van der Waals surface area contributed by atoms with Crippen molar-refractivity contribution in [2.24, 2.45) is 0 Å². The van der Waals surface area contributed by atoms with Gasteiger partial charge in [-0.1, -0.05) is 92.9 Å². The highest BCUT2D eigenvalue weighted by Crippen LogP contribution is 2.40. The molecule has 4 aromatic carbocycles. The minimum absolute atomic E-state index is 0.0547. The second kappa shape index (κ2) is 11.6. The molecule has 4 aromatic rings. The Hall–Kier alpha value is -3.33. The Bertz CT molecular complexity index is 1270. The van der Waals surface area contributed by atoms with Gasteiger partial charge in [-0.05, 0) is 59.4 Å². The molecule has 0 amide bonds. The number of hydrogen-bond donors (Lipinski definition) is 0. The highest BCUT2D eigenvalue weighted by molar-refractivity contribution is 6.02. The Balaban J connectivity index is 1.40. The number of fused-ring (bicyclic) bond motifs is 2. The lowest BCUT2D eigenvalue weighted by atomic mass is 9.81. The summed E-state index contributed by atoms with van der Waals surface area (Å²) in [7, 11) is 0. The Kier molecular flexibility index (Phi) is 7.85. The molecule has 3 nitrogen and oxygen atoms in total. The van der Waals surface area contributed by atoms with Crippen molar-refractivity contribution in [3.05, 3.63) is 90.0 Å². The molecule has 0 aromatic heterocycles. The minimum atomic E-state index is -0.0731. The first-order valence-corrected chi connectivity index (χ1v) is 13.5. The van der Waals surface area contributed by atoms with Crippen LogP contribution >= 0.6 is 0 Å². The lowest BCUT2D eigenvalue weighted by Crippen LogP contribution is -2.29. The van der Waals surface area contributed by atoms with Crippen LogP contribution in [0.3, 0.4) is 0 Å². The molecule has 0 radical (unpaired) electrons. The number of para-hydroxylation sites is 1. The smallest absolute Gasteiger partial charge is 0.306 e. The predicted octanol–water partition coefficient (Wildman–Crippen LogP) is 8.72. The van der Waals surface area contributed by atoms with Gasteiger partial charge in [-0.3, -0.25) is 4.79 Å². The molecule has 0 bridgehead atoms. The van der Waals surface area contributed by atoms with Gasteiger partial charge in [0.15, 0.2) is 0 Å². The van der Waals surface area contributed by atoms with E-state index in [9.17, 15) is 4.79 Å². The van der Waals surface area contributed by atoms with Gasteiger partial charge in [-0.15, -0.1) is 0 Å². The third-order valence-corrected chi connectivity index (χ3v) is 7.54. The summed E-state index contributed by atoms with van der Waals surface area (Å²) in [6.45, 7) is 2.65. The standard InChI is InChI=1S/C33H36O3/c1-2-3-4-21-33(34)36-32-20-12-10-18-29(32)28-17-9-11-19-31(28)35-23-30-26-15-7-5-13-24(26)22-25-14-6-8-16-27(25)30/h5-9,11,13-17,19,22,29,32H,2-4,10,12,18,20-21,23H2,1H3. The summed E-state index contributed by atoms with van der Waals surface area (Å²) < 4.78 is 12.6. The van der Waals surface area contributed by atoms with E-state index in [1.807, 2.05) is 6.07 Å². The third-order valence-electron chi connectivity index (χ3n) is 7.54. The number of carbonyl (C=O) groups excluding carboxylic acids is 1. The summed E-state index contributed by atoms with van der Waals surface area (Å²) in [6.07, 6.45) is 7.73. The van der Waals surface area contributed by atoms with Gasteiger partial charge < -0.3 is 9.47 Å². The zero-order valence-electron chi connectivity index (χ0n) is 21.2. The SMILES string of the molecule is CCCCCC(=O)OC1CCCCC1c1ccccc1OCc1c2ccccc2cc2ccccc12. The fraction of sp³-hybridized carbons (Fsp3) is 0.364. The number of esters is 1. The van der Waals surface area contributed by atoms with Crippen molar-refractivity contribution >= 4 is 27.5 Å². The molecule has 3 heteroatoms. The average molecular weight is 481 g/mol. The lowest BCUT2D eigenvalue weighted by molar-refractivity contribution is -0.151. The molecule has 5 rings (SSSR count). The van der Waals surface area contributed by atoms with Crippen LogP contribution in [0, 0.1) is 0 Å². The summed E-state index contributed by atoms with van der Waals surface area (Å²) >= 11 is 0. The van der Waals surface area contributed by atoms with Crippen LogP contribution in [0.5, 0.6) is 5.75 Å². The number of ether oxygens (including phenoxy) is 2. The monoisotopic (exact) mass is 480 g/mol. The molecule has 186 valence electrons. The molecule has 36 heavy (non-hydrogen) atoms. The van der Waals surface area contributed by atoms with Crippen molar-refractivity contribution in [3.8, 4) is 5.75 Å². The molecule has 1 aliphatic rings. The molecular weight excluding hydrogens is 444 g/mol. The molecule has 0 spiro atoms. The van der Waals surface area contributed by atoms with Crippen LogP contribution in [0.25, 0.3) is 21.5 Å². The van der Waals surface area contributed by atoms with E-state index in [0.29, 0.717) is 13.0 Å². The van der Waals surface area contributed by atoms with Crippen LogP contribution in [-0.2, 0) is 16.1 Å². The normalized spacial score (nSPS) is 17.8. The van der Waals surface area contributed by atoms with E-state index in [1.165, 1.54) is 27.1 Å². The molecule has 2 atom stereocenters. The molecule has 0 heterocycles. The van der Waals surface area contributed by atoms with Crippen molar-refractivity contribution in [2.45, 2.75) is 76.9 Å². The molecule has 0 saturated heterocycles. The van der Waals surface area contributed by atoms with Crippen molar-refractivity contribution in [2.75, 3.05) is 0 Å². The van der Waals surface area contributed by atoms with Gasteiger partial charge >= 0.3 is 5.97 Å². The van der Waals surface area contributed by atoms with E-state index < -0.39 is 0 Å². The van der Waals surface area contributed by atoms with Gasteiger partial charge in [0.25, 0.3) is 0 Å². The molecule has 1 aliphatic carbocycles. The number of benzene rings is 4. The Labute approximate surface area is 214 Å². The Morgan fingerprint density at radius 2 is 1.50 bits per heavy atom. The van der Waals surface area contributed by atoms with E-state index in [4.69, 9.17) is 9.47 Å². The fourth-order valence-electron chi connectivity index (χ4n) is 5.67. The molecule has 2 unspecified atom stereocenters. The molecule has 1 saturated carbocycles. The first-order valence-electron chi connectivity index (χ1n) is 13.5. The third kappa shape index (κ3) is 5.41. The van der Waals surface area contributed by atoms with E-state index in [-0.39, 0.29) is 18.0 Å². The molecule has 0 aliphatic heterocycles. The number of hydrogen-bond acceptors (Lipinski definition) is 3. The number of unbranched alkanes of at least 4 members (excludes halogenated alkanes) is 2. The highest BCUT2D eigenvalue weighted by atomic mass is 16.5. The molecular formula is C33H36O3. The maximum absolute atomic E-state index is 12.6. The predicted molar refractivity (Wildman–Crippen MR) is 147 cm³/mol. The first kappa shape index (κ1) is 24.4. The van der Waals surface area contributed by atoms with Crippen LogP contribution < -0.4 is 4.74 Å². The zero-order valence-corrected chi connectivity index (χ0v) is 21.2. The maximum atomic E-state index is 12.6. The summed E-state index contributed by atoms with van der Waals surface area (Å²) in [6, 6.07) is 27.6. The summed E-state index contributed by atoms with van der Waals surface area (Å²) in [5.74, 6) is 1.02. The number of carbonyl (C=O) groups is 1. The summed E-state index contributed by atoms with van der Waals surface area (Å²) in [5.41, 5.74) is 2.37. The van der Waals surface area contributed by atoms with Crippen molar-refractivity contribution in [1.29, 1.82) is 0 Å². The highest BCUT2D eigenvalue weighted by Gasteiger charge is 2.31. The van der Waals surface area contributed by atoms with Gasteiger partial charge in [-0.25, -0.2) is 0 Å². The zero-order chi connectivity index (χ0) is 24.7. The van der Waals surface area contributed by atoms with Crippen LogP contribution in [0.2, 0.25) is 0 Å². The van der Waals surface area contributed by atoms with Crippen molar-refractivity contribution in [1.82, 2.24) is 0 Å². The van der Waals surface area contributed by atoms with E-state index in [1.54, 1.807) is 0 Å². The molecule has 0 N–H and O–H groups in total. The largest absolute Gasteiger partial charge is 0.489 e. The van der Waals surface area contributed by atoms with Crippen LogP contribution in [0.1, 0.15) is 75.3 Å². The van der Waals surface area contributed by atoms with E-state index in [0.717, 1.165) is 56.3 Å². The second-order valence-corrected chi connectivity index (χ2v) is 10.0. The molecule has 1 fully saturated rings. The minimum Gasteiger partial charge on any atom is -0.489 e. The Morgan fingerprint density at radius 1 is 0.833 bits per heavy atom. The maximum Gasteiger partial charge on any atom is 0.306 e. The van der Waals surface area contributed by atoms with E-state index in [2.05, 4.69) is 79.7 Å². The summed E-state index contributed by atoms with van der Waals surface area (Å²) in [5, 5.41) is 4.91. The average Bonchev–Trinajstić information content (AvgIpc) is 2.92. The fourth-order valence-corrected chi connectivity index (χ4v) is 5.67. The van der Waals surface area contributed by atoms with Crippen molar-refractivity contribution < 1.29 is 14.3 Å². The second-order valence-electron chi connectivity index (χ2n) is 10.0. The quantitative estimate of drug-likeness (QED) is 0.136. The van der Waals surface area contributed by atoms with Crippen LogP contribution in [0.15, 0.2) is 78.9 Å². The number of rotatable bonds is 9. The van der Waals surface area contributed by atoms with Gasteiger partial charge in [0.05, 0.1) is 0 Å². The van der Waals surface area contributed by atoms with Gasteiger partial charge in [0.1, 0.15) is 18.5 Å². The first-order chi connectivity index (χ1) is 17.7. The Morgan fingerprint density at radius 3 is 2.25 bits per heavy atom. The van der Waals surface area contributed by atoms with Gasteiger partial charge in [0.2, 0.25) is 0 Å².